The van der Waals surface area contributed by atoms with Crippen molar-refractivity contribution in [1.82, 2.24) is 19.7 Å². The molecular weight excluding hydrogens is 410 g/mol. The third kappa shape index (κ3) is 4.80. The van der Waals surface area contributed by atoms with Crippen molar-refractivity contribution in [2.75, 3.05) is 24.3 Å². The van der Waals surface area contributed by atoms with Gasteiger partial charge in [0.15, 0.2) is 5.82 Å². The number of aromatic nitrogens is 4. The molecule has 0 aliphatic carbocycles. The van der Waals surface area contributed by atoms with Gasteiger partial charge in [0, 0.05) is 37.3 Å². The van der Waals surface area contributed by atoms with Crippen LogP contribution in [0.1, 0.15) is 57.8 Å². The number of ether oxygens (including phenoxy) is 1. The Bertz CT molecular complexity index is 1070. The van der Waals surface area contributed by atoms with Crippen LogP contribution in [0.3, 0.4) is 0 Å². The summed E-state index contributed by atoms with van der Waals surface area (Å²) in [6.45, 7) is 10.8. The molecule has 0 fully saturated rings. The second-order valence-electron chi connectivity index (χ2n) is 8.53. The maximum atomic E-state index is 10.4. The van der Waals surface area contributed by atoms with Gasteiger partial charge in [-0.1, -0.05) is 13.8 Å². The largest absolute Gasteiger partial charge is 0.507 e. The average molecular weight is 444 g/mol. The smallest absolute Gasteiger partial charge is 0.225 e. The number of phenols is 2. The van der Waals surface area contributed by atoms with Crippen molar-refractivity contribution in [3.8, 4) is 17.2 Å². The van der Waals surface area contributed by atoms with Gasteiger partial charge in [-0.25, -0.2) is 4.98 Å². The van der Waals surface area contributed by atoms with E-state index in [0.717, 1.165) is 16.7 Å². The minimum absolute atomic E-state index is 0.0677. The highest BCUT2D eigenvalue weighted by Gasteiger charge is 2.22. The van der Waals surface area contributed by atoms with Gasteiger partial charge in [-0.2, -0.15) is 10.1 Å². The number of aromatic hydroxyl groups is 2. The minimum Gasteiger partial charge on any atom is -0.507 e. The molecule has 0 aliphatic rings. The summed E-state index contributed by atoms with van der Waals surface area (Å²) in [5.41, 5.74) is 8.62. The topological polar surface area (TPSA) is 143 Å². The third-order valence-corrected chi connectivity index (χ3v) is 5.03. The molecule has 32 heavy (non-hydrogen) atoms. The van der Waals surface area contributed by atoms with Gasteiger partial charge >= 0.3 is 0 Å². The zero-order valence-corrected chi connectivity index (χ0v) is 19.5. The molecule has 10 nitrogen and oxygen atoms in total. The highest BCUT2D eigenvalue weighted by molar-refractivity contribution is 5.89. The minimum atomic E-state index is -0.0739. The number of benzene rings is 1. The molecular formula is C22H33N7O3. The summed E-state index contributed by atoms with van der Waals surface area (Å²) in [6.07, 6.45) is 0. The summed E-state index contributed by atoms with van der Waals surface area (Å²) in [7, 11) is 1.47. The van der Waals surface area contributed by atoms with E-state index in [-0.39, 0.29) is 36.0 Å². The molecule has 0 radical (unpaired) electrons. The molecule has 0 amide bonds. The lowest BCUT2D eigenvalue weighted by atomic mass is 10.1. The molecule has 1 atom stereocenters. The maximum absolute atomic E-state index is 10.4. The summed E-state index contributed by atoms with van der Waals surface area (Å²) in [5, 5.41) is 32.0. The first-order chi connectivity index (χ1) is 15.1. The van der Waals surface area contributed by atoms with Crippen molar-refractivity contribution < 1.29 is 14.9 Å². The highest BCUT2D eigenvalue weighted by Crippen LogP contribution is 2.35. The Morgan fingerprint density at radius 3 is 2.25 bits per heavy atom. The van der Waals surface area contributed by atoms with E-state index in [0.29, 0.717) is 29.6 Å². The number of nitrogens with two attached hydrogens (primary N) is 1. The zero-order valence-electron chi connectivity index (χ0n) is 19.5. The summed E-state index contributed by atoms with van der Waals surface area (Å²) in [5.74, 6) is 1.37. The van der Waals surface area contributed by atoms with Crippen LogP contribution in [0.15, 0.2) is 12.1 Å². The van der Waals surface area contributed by atoms with Crippen LogP contribution in [0.25, 0.3) is 11.0 Å². The Hall–Kier alpha value is -3.27. The quantitative estimate of drug-likeness (QED) is 0.336. The van der Waals surface area contributed by atoms with E-state index >= 15 is 0 Å². The molecule has 0 saturated carbocycles. The van der Waals surface area contributed by atoms with Crippen LogP contribution < -0.4 is 21.1 Å². The number of methoxy groups -OCH3 is 1. The van der Waals surface area contributed by atoms with Crippen LogP contribution in [0.4, 0.5) is 11.8 Å². The van der Waals surface area contributed by atoms with Gasteiger partial charge in [0.05, 0.1) is 18.4 Å². The molecule has 1 unspecified atom stereocenters. The second-order valence-corrected chi connectivity index (χ2v) is 8.53. The van der Waals surface area contributed by atoms with Crippen molar-refractivity contribution in [2.45, 2.75) is 59.2 Å². The van der Waals surface area contributed by atoms with Crippen LogP contribution in [0, 0.1) is 0 Å². The van der Waals surface area contributed by atoms with E-state index in [9.17, 15) is 10.2 Å². The van der Waals surface area contributed by atoms with E-state index in [4.69, 9.17) is 20.6 Å². The number of phenolic OH excluding ortho intramolecular Hbond substituents is 2. The third-order valence-electron chi connectivity index (χ3n) is 5.03. The Balaban J connectivity index is 2.09. The van der Waals surface area contributed by atoms with Gasteiger partial charge in [-0.15, -0.1) is 0 Å². The van der Waals surface area contributed by atoms with Crippen LogP contribution in [0.2, 0.25) is 0 Å². The molecule has 6 N–H and O–H groups in total. The van der Waals surface area contributed by atoms with E-state index < -0.39 is 0 Å². The van der Waals surface area contributed by atoms with E-state index in [2.05, 4.69) is 29.5 Å². The zero-order chi connectivity index (χ0) is 23.6. The molecule has 0 bridgehead atoms. The van der Waals surface area contributed by atoms with Gasteiger partial charge in [0.25, 0.3) is 0 Å². The average Bonchev–Trinajstić information content (AvgIpc) is 3.11. The Morgan fingerprint density at radius 1 is 1.06 bits per heavy atom. The number of rotatable bonds is 9. The van der Waals surface area contributed by atoms with Crippen LogP contribution in [-0.2, 0) is 6.54 Å². The first-order valence-corrected chi connectivity index (χ1v) is 10.7. The van der Waals surface area contributed by atoms with Crippen LogP contribution in [-0.4, -0.2) is 49.7 Å². The monoisotopic (exact) mass is 443 g/mol. The number of anilines is 2. The van der Waals surface area contributed by atoms with Crippen LogP contribution in [0.5, 0.6) is 17.2 Å². The molecule has 3 aromatic rings. The lowest BCUT2D eigenvalue weighted by Gasteiger charge is -2.15. The lowest BCUT2D eigenvalue weighted by Crippen LogP contribution is -2.26. The fourth-order valence-corrected chi connectivity index (χ4v) is 3.37. The van der Waals surface area contributed by atoms with Crippen molar-refractivity contribution in [3.63, 3.8) is 0 Å². The lowest BCUT2D eigenvalue weighted by molar-refractivity contribution is 0.394. The predicted octanol–water partition coefficient (Wildman–Crippen LogP) is 3.32. The normalized spacial score (nSPS) is 12.5. The highest BCUT2D eigenvalue weighted by atomic mass is 16.5. The Labute approximate surface area is 187 Å². The van der Waals surface area contributed by atoms with Gasteiger partial charge in [-0.3, -0.25) is 4.68 Å². The number of hydrogen-bond acceptors (Lipinski definition) is 9. The summed E-state index contributed by atoms with van der Waals surface area (Å²) in [6, 6.07) is 2.93. The molecule has 174 valence electrons. The van der Waals surface area contributed by atoms with Crippen molar-refractivity contribution in [2.24, 2.45) is 5.73 Å². The van der Waals surface area contributed by atoms with Gasteiger partial charge in [0.2, 0.25) is 5.95 Å². The first kappa shape index (κ1) is 23.4. The number of nitrogens with zero attached hydrogens (tertiary/aromatic N) is 4. The number of hydrogen-bond donors (Lipinski definition) is 5. The fourth-order valence-electron chi connectivity index (χ4n) is 3.37. The number of nitrogens with one attached hydrogen (secondary N) is 2. The summed E-state index contributed by atoms with van der Waals surface area (Å²) < 4.78 is 6.99. The summed E-state index contributed by atoms with van der Waals surface area (Å²) in [4.78, 5) is 9.39. The molecule has 1 aromatic carbocycles. The van der Waals surface area contributed by atoms with Gasteiger partial charge in [-0.05, 0) is 26.7 Å². The molecule has 10 heteroatoms. The fraction of sp³-hybridized carbons (Fsp3) is 0.500. The Kier molecular flexibility index (Phi) is 6.93. The van der Waals surface area contributed by atoms with Crippen molar-refractivity contribution >= 4 is 22.8 Å². The van der Waals surface area contributed by atoms with E-state index in [1.54, 1.807) is 0 Å². The molecule has 0 saturated heterocycles. The molecule has 0 spiro atoms. The second kappa shape index (κ2) is 9.47. The van der Waals surface area contributed by atoms with E-state index in [1.165, 1.54) is 19.2 Å². The summed E-state index contributed by atoms with van der Waals surface area (Å²) >= 11 is 0. The molecule has 2 aromatic heterocycles. The van der Waals surface area contributed by atoms with Gasteiger partial charge < -0.3 is 31.3 Å². The van der Waals surface area contributed by atoms with Crippen molar-refractivity contribution in [1.29, 1.82) is 0 Å². The maximum Gasteiger partial charge on any atom is 0.225 e. The standard InChI is InChI=1S/C22H33N7O3/c1-11(2)18-19-20(29(28-18)12(3)4)21(27-22(26-19)25-9-13(5)23)24-10-15-16(30)7-14(32-6)8-17(15)31/h7-8,11-13,30-31H,9-10,23H2,1-6H3,(H2,24,25,26,27). The molecule has 0 aliphatic heterocycles. The van der Waals surface area contributed by atoms with Crippen LogP contribution >= 0.6 is 0 Å². The number of fused-ring (bicyclic) bond motifs is 1. The predicted molar refractivity (Wildman–Crippen MR) is 126 cm³/mol. The first-order valence-electron chi connectivity index (χ1n) is 10.7. The Morgan fingerprint density at radius 2 is 1.72 bits per heavy atom. The SMILES string of the molecule is COc1cc(O)c(CNc2nc(NCC(C)N)nc3c(C(C)C)nn(C(C)C)c23)c(O)c1. The molecule has 2 heterocycles. The van der Waals surface area contributed by atoms with Gasteiger partial charge in [0.1, 0.15) is 28.3 Å². The van der Waals surface area contributed by atoms with E-state index in [1.807, 2.05) is 25.5 Å². The van der Waals surface area contributed by atoms with Crippen molar-refractivity contribution in [3.05, 3.63) is 23.4 Å². The molecule has 3 rings (SSSR count).